The summed E-state index contributed by atoms with van der Waals surface area (Å²) in [7, 11) is 0. The fourth-order valence-electron chi connectivity index (χ4n) is 4.64. The second-order valence-corrected chi connectivity index (χ2v) is 7.31. The first-order valence-electron chi connectivity index (χ1n) is 7.20. The van der Waals surface area contributed by atoms with Gasteiger partial charge in [0.1, 0.15) is 4.88 Å². The number of anilines is 1. The van der Waals surface area contributed by atoms with Crippen molar-refractivity contribution in [2.45, 2.75) is 26.2 Å². The third-order valence-corrected chi connectivity index (χ3v) is 6.54. The van der Waals surface area contributed by atoms with Gasteiger partial charge < -0.3 is 10.4 Å². The summed E-state index contributed by atoms with van der Waals surface area (Å²) in [5, 5.41) is 13.8. The van der Waals surface area contributed by atoms with Gasteiger partial charge in [-0.25, -0.2) is 4.79 Å². The molecular weight excluding hydrogens is 274 g/mol. The van der Waals surface area contributed by atoms with Crippen LogP contribution in [0.2, 0.25) is 0 Å². The molecule has 0 aliphatic heterocycles. The van der Waals surface area contributed by atoms with Crippen molar-refractivity contribution in [1.29, 1.82) is 0 Å². The normalized spacial score (nSPS) is 36.8. The van der Waals surface area contributed by atoms with Crippen molar-refractivity contribution in [3.8, 4) is 0 Å². The average Bonchev–Trinajstić information content (AvgIpc) is 2.71. The molecule has 0 radical (unpaired) electrons. The van der Waals surface area contributed by atoms with Crippen LogP contribution in [0.25, 0.3) is 0 Å². The first-order chi connectivity index (χ1) is 9.58. The molecule has 2 N–H and O–H groups in total. The van der Waals surface area contributed by atoms with Crippen molar-refractivity contribution in [3.63, 3.8) is 0 Å². The molecule has 5 heteroatoms. The quantitative estimate of drug-likeness (QED) is 0.899. The molecule has 0 spiro atoms. The Balaban J connectivity index is 1.52. The Hall–Kier alpha value is -1.36. The molecule has 4 nitrogen and oxygen atoms in total. The molecule has 3 saturated carbocycles. The lowest BCUT2D eigenvalue weighted by atomic mass is 10.0. The molecule has 4 atom stereocenters. The van der Waals surface area contributed by atoms with Gasteiger partial charge >= 0.3 is 5.97 Å². The van der Waals surface area contributed by atoms with E-state index in [4.69, 9.17) is 5.11 Å². The summed E-state index contributed by atoms with van der Waals surface area (Å²) >= 11 is 1.18. The number of amides is 1. The molecule has 0 saturated heterocycles. The van der Waals surface area contributed by atoms with Crippen LogP contribution in [0.3, 0.4) is 0 Å². The van der Waals surface area contributed by atoms with E-state index in [2.05, 4.69) is 5.32 Å². The molecule has 0 aromatic carbocycles. The molecule has 4 rings (SSSR count). The summed E-state index contributed by atoms with van der Waals surface area (Å²) < 4.78 is 0. The van der Waals surface area contributed by atoms with Gasteiger partial charge in [-0.1, -0.05) is 0 Å². The maximum Gasteiger partial charge on any atom is 0.348 e. The summed E-state index contributed by atoms with van der Waals surface area (Å²) in [6.45, 7) is 1.84. The lowest BCUT2D eigenvalue weighted by molar-refractivity contribution is -0.118. The molecule has 3 aliphatic rings. The molecular formula is C15H17NO3S. The smallest absolute Gasteiger partial charge is 0.348 e. The van der Waals surface area contributed by atoms with E-state index < -0.39 is 5.97 Å². The Morgan fingerprint density at radius 3 is 2.55 bits per heavy atom. The summed E-state index contributed by atoms with van der Waals surface area (Å²) in [6.07, 6.45) is 3.89. The van der Waals surface area contributed by atoms with Crippen molar-refractivity contribution < 1.29 is 14.7 Å². The molecule has 2 bridgehead atoms. The van der Waals surface area contributed by atoms with Crippen molar-refractivity contribution >= 4 is 28.9 Å². The Morgan fingerprint density at radius 2 is 1.95 bits per heavy atom. The van der Waals surface area contributed by atoms with Crippen molar-refractivity contribution in [1.82, 2.24) is 0 Å². The molecule has 1 aromatic heterocycles. The number of hydrogen-bond acceptors (Lipinski definition) is 3. The van der Waals surface area contributed by atoms with Crippen LogP contribution < -0.4 is 5.32 Å². The van der Waals surface area contributed by atoms with Gasteiger partial charge in [0.15, 0.2) is 0 Å². The Kier molecular flexibility index (Phi) is 2.52. The molecule has 106 valence electrons. The second kappa shape index (κ2) is 4.07. The number of thiophene rings is 1. The van der Waals surface area contributed by atoms with Crippen LogP contribution in [0.15, 0.2) is 5.38 Å². The predicted molar refractivity (Wildman–Crippen MR) is 75.9 cm³/mol. The van der Waals surface area contributed by atoms with Gasteiger partial charge in [-0.3, -0.25) is 4.79 Å². The number of carbonyl (C=O) groups is 2. The number of carboxylic acids is 1. The molecule has 3 fully saturated rings. The highest BCUT2D eigenvalue weighted by Crippen LogP contribution is 2.69. The van der Waals surface area contributed by atoms with E-state index in [-0.39, 0.29) is 16.7 Å². The molecule has 1 heterocycles. The standard InChI is InChI=1S/C15H17NO3S/c1-6-5-20-13(15(18)19)12(6)16-14(17)11-9-7-2-3-8(4-7)10(9)11/h5,7-11H,2-4H2,1H3,(H,16,17)(H,18,19). The number of aromatic carboxylic acids is 1. The molecule has 4 unspecified atom stereocenters. The van der Waals surface area contributed by atoms with E-state index in [1.165, 1.54) is 30.6 Å². The van der Waals surface area contributed by atoms with Gasteiger partial charge in [-0.2, -0.15) is 0 Å². The Bertz CT molecular complexity index is 592. The minimum absolute atomic E-state index is 0.0422. The number of nitrogens with one attached hydrogen (secondary N) is 1. The van der Waals surface area contributed by atoms with Crippen LogP contribution in [0.5, 0.6) is 0 Å². The first-order valence-corrected chi connectivity index (χ1v) is 8.08. The van der Waals surface area contributed by atoms with E-state index in [0.717, 1.165) is 17.4 Å². The van der Waals surface area contributed by atoms with Crippen LogP contribution in [0, 0.1) is 36.5 Å². The average molecular weight is 291 g/mol. The summed E-state index contributed by atoms with van der Waals surface area (Å²) in [5.74, 6) is 1.89. The molecule has 20 heavy (non-hydrogen) atoms. The van der Waals surface area contributed by atoms with E-state index >= 15 is 0 Å². The van der Waals surface area contributed by atoms with Crippen LogP contribution in [-0.4, -0.2) is 17.0 Å². The Morgan fingerprint density at radius 1 is 1.30 bits per heavy atom. The number of carbonyl (C=O) groups excluding carboxylic acids is 1. The largest absolute Gasteiger partial charge is 0.477 e. The van der Waals surface area contributed by atoms with Gasteiger partial charge in [0.05, 0.1) is 5.69 Å². The van der Waals surface area contributed by atoms with Gasteiger partial charge in [0, 0.05) is 5.92 Å². The predicted octanol–water partition coefficient (Wildman–Crippen LogP) is 2.99. The number of fused-ring (bicyclic) bond motifs is 5. The van der Waals surface area contributed by atoms with E-state index in [0.29, 0.717) is 17.5 Å². The highest BCUT2D eigenvalue weighted by molar-refractivity contribution is 7.12. The first kappa shape index (κ1) is 12.4. The zero-order chi connectivity index (χ0) is 14.0. The van der Waals surface area contributed by atoms with Gasteiger partial charge in [0.25, 0.3) is 0 Å². The molecule has 1 amide bonds. The number of carboxylic acid groups (broad SMARTS) is 1. The zero-order valence-electron chi connectivity index (χ0n) is 11.3. The minimum atomic E-state index is -0.963. The maximum absolute atomic E-state index is 12.4. The summed E-state index contributed by atoms with van der Waals surface area (Å²) in [4.78, 5) is 23.8. The van der Waals surface area contributed by atoms with E-state index in [1.54, 1.807) is 5.38 Å². The number of rotatable bonds is 3. The fourth-order valence-corrected chi connectivity index (χ4v) is 5.48. The molecule has 1 aromatic rings. The van der Waals surface area contributed by atoms with Crippen LogP contribution in [-0.2, 0) is 4.79 Å². The molecule has 3 aliphatic carbocycles. The van der Waals surface area contributed by atoms with Gasteiger partial charge in [-0.05, 0) is 60.8 Å². The van der Waals surface area contributed by atoms with E-state index in [9.17, 15) is 9.59 Å². The topological polar surface area (TPSA) is 66.4 Å². The highest BCUT2D eigenvalue weighted by Gasteiger charge is 2.67. The van der Waals surface area contributed by atoms with Crippen LogP contribution in [0.4, 0.5) is 5.69 Å². The van der Waals surface area contributed by atoms with Gasteiger partial charge in [-0.15, -0.1) is 11.3 Å². The van der Waals surface area contributed by atoms with Gasteiger partial charge in [0.2, 0.25) is 5.91 Å². The second-order valence-electron chi connectivity index (χ2n) is 6.43. The summed E-state index contributed by atoms with van der Waals surface area (Å²) in [5.41, 5.74) is 1.35. The van der Waals surface area contributed by atoms with E-state index in [1.807, 2.05) is 6.92 Å². The third-order valence-electron chi connectivity index (χ3n) is 5.46. The lowest BCUT2D eigenvalue weighted by Gasteiger charge is -2.10. The Labute approximate surface area is 121 Å². The monoisotopic (exact) mass is 291 g/mol. The van der Waals surface area contributed by atoms with Crippen molar-refractivity contribution in [2.24, 2.45) is 29.6 Å². The number of aryl methyl sites for hydroxylation is 1. The minimum Gasteiger partial charge on any atom is -0.477 e. The lowest BCUT2D eigenvalue weighted by Crippen LogP contribution is -2.19. The van der Waals surface area contributed by atoms with Crippen molar-refractivity contribution in [3.05, 3.63) is 15.8 Å². The van der Waals surface area contributed by atoms with Crippen molar-refractivity contribution in [2.75, 3.05) is 5.32 Å². The van der Waals surface area contributed by atoms with Crippen LogP contribution in [0.1, 0.15) is 34.5 Å². The van der Waals surface area contributed by atoms with Crippen LogP contribution >= 0.6 is 11.3 Å². The fraction of sp³-hybridized carbons (Fsp3) is 0.600. The third kappa shape index (κ3) is 1.59. The summed E-state index contributed by atoms with van der Waals surface area (Å²) in [6, 6.07) is 0. The SMILES string of the molecule is Cc1csc(C(=O)O)c1NC(=O)C1C2C3CCC(C3)C12. The number of hydrogen-bond donors (Lipinski definition) is 2. The highest BCUT2D eigenvalue weighted by atomic mass is 32.1. The zero-order valence-corrected chi connectivity index (χ0v) is 12.1. The maximum atomic E-state index is 12.4.